The third-order valence-electron chi connectivity index (χ3n) is 4.48. The Labute approximate surface area is 146 Å². The lowest BCUT2D eigenvalue weighted by Crippen LogP contribution is -2.41. The lowest BCUT2D eigenvalue weighted by molar-refractivity contribution is -0.125. The summed E-state index contributed by atoms with van der Waals surface area (Å²) in [6, 6.07) is 9.15. The lowest BCUT2D eigenvalue weighted by atomic mass is 9.96. The molecule has 2 heterocycles. The summed E-state index contributed by atoms with van der Waals surface area (Å²) < 4.78 is 5.13. The van der Waals surface area contributed by atoms with Crippen LogP contribution in [0.2, 0.25) is 0 Å². The molecule has 0 unspecified atom stereocenters. The van der Waals surface area contributed by atoms with Gasteiger partial charge in [0, 0.05) is 31.6 Å². The Morgan fingerprint density at radius 2 is 2.04 bits per heavy atom. The van der Waals surface area contributed by atoms with Gasteiger partial charge in [-0.05, 0) is 30.5 Å². The van der Waals surface area contributed by atoms with Crippen molar-refractivity contribution in [1.82, 2.24) is 15.3 Å². The zero-order valence-electron chi connectivity index (χ0n) is 14.2. The summed E-state index contributed by atoms with van der Waals surface area (Å²) in [5.74, 6) is 1.54. The minimum Gasteiger partial charge on any atom is -0.497 e. The zero-order valence-corrected chi connectivity index (χ0v) is 14.2. The summed E-state index contributed by atoms with van der Waals surface area (Å²) >= 11 is 0. The number of nitrogens with zero attached hydrogens (tertiary/aromatic N) is 2. The van der Waals surface area contributed by atoms with E-state index in [2.05, 4.69) is 15.3 Å². The van der Waals surface area contributed by atoms with Gasteiger partial charge in [0.15, 0.2) is 0 Å². The average molecular weight is 342 g/mol. The number of carbonyl (C=O) groups excluding carboxylic acids is 1. The summed E-state index contributed by atoms with van der Waals surface area (Å²) in [5, 5.41) is 3.00. The van der Waals surface area contributed by atoms with E-state index in [-0.39, 0.29) is 17.4 Å². The van der Waals surface area contributed by atoms with E-state index in [9.17, 15) is 9.59 Å². The fourth-order valence-electron chi connectivity index (χ4n) is 2.98. The molecule has 1 aromatic carbocycles. The number of hydrogen-bond acceptors (Lipinski definition) is 5. The molecule has 0 saturated carbocycles. The number of anilines is 1. The minimum atomic E-state index is -0.163. The second-order valence-corrected chi connectivity index (χ2v) is 6.10. The molecular weight excluding hydrogens is 320 g/mol. The van der Waals surface area contributed by atoms with Crippen molar-refractivity contribution in [1.29, 1.82) is 0 Å². The van der Waals surface area contributed by atoms with Gasteiger partial charge in [0.25, 0.3) is 5.56 Å². The van der Waals surface area contributed by atoms with Gasteiger partial charge in [-0.25, -0.2) is 4.98 Å². The third-order valence-corrected chi connectivity index (χ3v) is 4.48. The van der Waals surface area contributed by atoms with Crippen molar-refractivity contribution in [2.45, 2.75) is 19.4 Å². The van der Waals surface area contributed by atoms with E-state index in [0.717, 1.165) is 37.2 Å². The number of amides is 1. The highest BCUT2D eigenvalue weighted by Gasteiger charge is 2.25. The summed E-state index contributed by atoms with van der Waals surface area (Å²) in [6.45, 7) is 1.95. The normalized spacial score (nSPS) is 15.0. The first-order chi connectivity index (χ1) is 12.2. The van der Waals surface area contributed by atoms with Crippen LogP contribution in [0, 0.1) is 5.92 Å². The number of aromatic amines is 1. The van der Waals surface area contributed by atoms with Crippen molar-refractivity contribution < 1.29 is 9.53 Å². The van der Waals surface area contributed by atoms with Crippen LogP contribution in [0.15, 0.2) is 41.5 Å². The molecule has 2 aromatic rings. The van der Waals surface area contributed by atoms with E-state index >= 15 is 0 Å². The van der Waals surface area contributed by atoms with Crippen molar-refractivity contribution in [2.75, 3.05) is 25.1 Å². The monoisotopic (exact) mass is 342 g/mol. The maximum Gasteiger partial charge on any atom is 0.252 e. The molecule has 1 aliphatic heterocycles. The van der Waals surface area contributed by atoms with E-state index in [1.54, 1.807) is 7.11 Å². The Hall–Kier alpha value is -2.83. The van der Waals surface area contributed by atoms with Crippen LogP contribution in [0.3, 0.4) is 0 Å². The molecule has 0 spiro atoms. The van der Waals surface area contributed by atoms with Crippen molar-refractivity contribution in [3.05, 3.63) is 52.6 Å². The van der Waals surface area contributed by atoms with Crippen molar-refractivity contribution in [2.24, 2.45) is 5.92 Å². The standard InChI is InChI=1S/C18H22N4O3/c1-25-15-4-2-13(3-5-15)11-19-18(24)14-6-8-22(9-7-14)16-10-17(23)21-12-20-16/h2-5,10,12,14H,6-9,11H2,1H3,(H,19,24)(H,20,21,23). The molecule has 0 atom stereocenters. The van der Waals surface area contributed by atoms with Crippen LogP contribution in [0.25, 0.3) is 0 Å². The lowest BCUT2D eigenvalue weighted by Gasteiger charge is -2.31. The fraction of sp³-hybridized carbons (Fsp3) is 0.389. The second kappa shape index (κ2) is 7.83. The highest BCUT2D eigenvalue weighted by molar-refractivity contribution is 5.79. The summed E-state index contributed by atoms with van der Waals surface area (Å²) in [7, 11) is 1.63. The predicted molar refractivity (Wildman–Crippen MR) is 94.6 cm³/mol. The fourth-order valence-corrected chi connectivity index (χ4v) is 2.98. The van der Waals surface area contributed by atoms with Gasteiger partial charge in [0.2, 0.25) is 5.91 Å². The van der Waals surface area contributed by atoms with Crippen LogP contribution in [-0.2, 0) is 11.3 Å². The molecule has 25 heavy (non-hydrogen) atoms. The van der Waals surface area contributed by atoms with E-state index in [4.69, 9.17) is 4.74 Å². The van der Waals surface area contributed by atoms with Gasteiger partial charge in [-0.1, -0.05) is 12.1 Å². The van der Waals surface area contributed by atoms with Crippen LogP contribution < -0.4 is 20.5 Å². The molecule has 0 radical (unpaired) electrons. The van der Waals surface area contributed by atoms with E-state index < -0.39 is 0 Å². The topological polar surface area (TPSA) is 87.3 Å². The maximum absolute atomic E-state index is 12.4. The van der Waals surface area contributed by atoms with E-state index in [0.29, 0.717) is 12.4 Å². The Balaban J connectivity index is 1.48. The first kappa shape index (κ1) is 17.0. The van der Waals surface area contributed by atoms with Crippen molar-refractivity contribution in [3.8, 4) is 5.75 Å². The summed E-state index contributed by atoms with van der Waals surface area (Å²) in [6.07, 6.45) is 2.91. The number of carbonyl (C=O) groups is 1. The van der Waals surface area contributed by atoms with Crippen molar-refractivity contribution in [3.63, 3.8) is 0 Å². The number of aromatic nitrogens is 2. The first-order valence-corrected chi connectivity index (χ1v) is 8.36. The molecular formula is C18H22N4O3. The number of hydrogen-bond donors (Lipinski definition) is 2. The molecule has 7 nitrogen and oxygen atoms in total. The van der Waals surface area contributed by atoms with Crippen LogP contribution in [0.4, 0.5) is 5.82 Å². The molecule has 2 N–H and O–H groups in total. The Morgan fingerprint density at radius 3 is 2.68 bits per heavy atom. The average Bonchev–Trinajstić information content (AvgIpc) is 2.66. The molecule has 3 rings (SSSR count). The van der Waals surface area contributed by atoms with Crippen LogP contribution >= 0.6 is 0 Å². The van der Waals surface area contributed by atoms with Gasteiger partial charge in [0.1, 0.15) is 11.6 Å². The minimum absolute atomic E-state index is 0.00325. The Bertz CT molecular complexity index is 764. The molecule has 0 bridgehead atoms. The van der Waals surface area contributed by atoms with Crippen LogP contribution in [0.5, 0.6) is 5.75 Å². The molecule has 7 heteroatoms. The molecule has 1 fully saturated rings. The van der Waals surface area contributed by atoms with Gasteiger partial charge in [-0.2, -0.15) is 0 Å². The number of rotatable bonds is 5. The number of benzene rings is 1. The molecule has 0 aliphatic carbocycles. The number of nitrogens with one attached hydrogen (secondary N) is 2. The van der Waals surface area contributed by atoms with Gasteiger partial charge in [-0.3, -0.25) is 9.59 Å². The number of H-pyrrole nitrogens is 1. The van der Waals surface area contributed by atoms with Crippen LogP contribution in [-0.4, -0.2) is 36.1 Å². The molecule has 1 aliphatic rings. The number of methoxy groups -OCH3 is 1. The van der Waals surface area contributed by atoms with E-state index in [1.165, 1.54) is 12.4 Å². The van der Waals surface area contributed by atoms with Gasteiger partial charge >= 0.3 is 0 Å². The van der Waals surface area contributed by atoms with Crippen LogP contribution in [0.1, 0.15) is 18.4 Å². The number of piperidine rings is 1. The highest BCUT2D eigenvalue weighted by Crippen LogP contribution is 2.21. The molecule has 1 saturated heterocycles. The first-order valence-electron chi connectivity index (χ1n) is 8.36. The predicted octanol–water partition coefficient (Wildman–Crippen LogP) is 1.31. The van der Waals surface area contributed by atoms with Crippen molar-refractivity contribution >= 4 is 11.7 Å². The summed E-state index contributed by atoms with van der Waals surface area (Å²) in [4.78, 5) is 32.5. The SMILES string of the molecule is COc1ccc(CNC(=O)C2CCN(c3cc(=O)[nH]cn3)CC2)cc1. The van der Waals surface area contributed by atoms with Gasteiger partial charge < -0.3 is 19.9 Å². The summed E-state index contributed by atoms with van der Waals surface area (Å²) in [5.41, 5.74) is 0.878. The smallest absolute Gasteiger partial charge is 0.252 e. The number of ether oxygens (including phenoxy) is 1. The third kappa shape index (κ3) is 4.37. The molecule has 1 amide bonds. The molecule has 132 valence electrons. The second-order valence-electron chi connectivity index (χ2n) is 6.10. The zero-order chi connectivity index (χ0) is 17.6. The largest absolute Gasteiger partial charge is 0.497 e. The maximum atomic E-state index is 12.4. The van der Waals surface area contributed by atoms with Gasteiger partial charge in [-0.15, -0.1) is 0 Å². The quantitative estimate of drug-likeness (QED) is 0.855. The van der Waals surface area contributed by atoms with E-state index in [1.807, 2.05) is 29.2 Å². The molecule has 1 aromatic heterocycles. The Kier molecular flexibility index (Phi) is 5.33. The Morgan fingerprint density at radius 1 is 1.32 bits per heavy atom. The highest BCUT2D eigenvalue weighted by atomic mass is 16.5. The van der Waals surface area contributed by atoms with Gasteiger partial charge in [0.05, 0.1) is 13.4 Å².